The van der Waals surface area contributed by atoms with Crippen molar-refractivity contribution in [2.24, 2.45) is 0 Å². The van der Waals surface area contributed by atoms with Crippen molar-refractivity contribution >= 4 is 30.7 Å². The van der Waals surface area contributed by atoms with E-state index in [0.29, 0.717) is 6.54 Å². The molecule has 3 rings (SSSR count). The Hall–Kier alpha value is -0.780. The summed E-state index contributed by atoms with van der Waals surface area (Å²) in [5.74, 6) is 1.35. The standard InChI is InChI=1S/C14H22N4O.2ClH/c19-14(12-4-3-7-15-12)16-8-6-11-10-18-9-2-1-5-13(18)17-11;;/h10,12,15H,1-9H2,(H,16,19);2*1H. The highest BCUT2D eigenvalue weighted by Gasteiger charge is 2.21. The highest BCUT2D eigenvalue weighted by atomic mass is 35.5. The van der Waals surface area contributed by atoms with E-state index in [1.165, 1.54) is 18.7 Å². The van der Waals surface area contributed by atoms with Crippen LogP contribution in [-0.2, 0) is 24.2 Å². The van der Waals surface area contributed by atoms with Gasteiger partial charge in [0.05, 0.1) is 11.7 Å². The number of nitrogens with zero attached hydrogens (tertiary/aromatic N) is 2. The lowest BCUT2D eigenvalue weighted by Gasteiger charge is -2.11. The lowest BCUT2D eigenvalue weighted by molar-refractivity contribution is -0.122. The molecule has 1 fully saturated rings. The fourth-order valence-corrected chi connectivity index (χ4v) is 2.94. The number of fused-ring (bicyclic) bond motifs is 1. The van der Waals surface area contributed by atoms with Gasteiger partial charge >= 0.3 is 0 Å². The van der Waals surface area contributed by atoms with E-state index in [4.69, 9.17) is 0 Å². The van der Waals surface area contributed by atoms with Gasteiger partial charge < -0.3 is 15.2 Å². The van der Waals surface area contributed by atoms with Crippen LogP contribution in [-0.4, -0.2) is 34.6 Å². The van der Waals surface area contributed by atoms with Crippen LogP contribution in [0.3, 0.4) is 0 Å². The van der Waals surface area contributed by atoms with Gasteiger partial charge in [0.2, 0.25) is 5.91 Å². The molecule has 0 radical (unpaired) electrons. The van der Waals surface area contributed by atoms with Gasteiger partial charge in [-0.15, -0.1) is 24.8 Å². The number of aryl methyl sites for hydroxylation is 2. The highest BCUT2D eigenvalue weighted by Crippen LogP contribution is 2.14. The minimum absolute atomic E-state index is 0. The number of hydrogen-bond donors (Lipinski definition) is 2. The van der Waals surface area contributed by atoms with Gasteiger partial charge in [0.1, 0.15) is 5.82 Å². The van der Waals surface area contributed by atoms with Crippen molar-refractivity contribution in [3.8, 4) is 0 Å². The van der Waals surface area contributed by atoms with Gasteiger partial charge in [-0.1, -0.05) is 0 Å². The fourth-order valence-electron chi connectivity index (χ4n) is 2.94. The Morgan fingerprint density at radius 2 is 2.24 bits per heavy atom. The summed E-state index contributed by atoms with van der Waals surface area (Å²) in [5.41, 5.74) is 1.11. The SMILES string of the molecule is Cl.Cl.O=C(NCCc1cn2c(n1)CCCC2)C1CCCN1. The molecule has 21 heavy (non-hydrogen) atoms. The molecule has 1 amide bonds. The minimum atomic E-state index is 0. The van der Waals surface area contributed by atoms with Gasteiger partial charge in [-0.3, -0.25) is 4.79 Å². The van der Waals surface area contributed by atoms with Gasteiger partial charge in [-0.2, -0.15) is 0 Å². The first-order valence-corrected chi connectivity index (χ1v) is 7.39. The Labute approximate surface area is 138 Å². The molecule has 2 aliphatic heterocycles. The number of nitrogens with one attached hydrogen (secondary N) is 2. The number of carbonyl (C=O) groups excluding carboxylic acids is 1. The van der Waals surface area contributed by atoms with Crippen LogP contribution in [0.1, 0.15) is 37.2 Å². The van der Waals surface area contributed by atoms with Crippen LogP contribution in [0.25, 0.3) is 0 Å². The Bertz CT molecular complexity index is 434. The van der Waals surface area contributed by atoms with Crippen molar-refractivity contribution in [1.82, 2.24) is 20.2 Å². The maximum absolute atomic E-state index is 11.8. The van der Waals surface area contributed by atoms with E-state index in [-0.39, 0.29) is 36.8 Å². The molecule has 1 atom stereocenters. The third kappa shape index (κ3) is 4.59. The second-order valence-corrected chi connectivity index (χ2v) is 5.49. The minimum Gasteiger partial charge on any atom is -0.354 e. The summed E-state index contributed by atoms with van der Waals surface area (Å²) in [5, 5.41) is 6.22. The van der Waals surface area contributed by atoms with E-state index in [9.17, 15) is 4.79 Å². The van der Waals surface area contributed by atoms with Gasteiger partial charge in [-0.25, -0.2) is 4.98 Å². The summed E-state index contributed by atoms with van der Waals surface area (Å²) in [6, 6.07) is 0.0233. The molecule has 0 bridgehead atoms. The molecular weight excluding hydrogens is 311 g/mol. The third-order valence-corrected chi connectivity index (χ3v) is 4.02. The zero-order valence-electron chi connectivity index (χ0n) is 12.1. The first kappa shape index (κ1) is 18.3. The maximum atomic E-state index is 11.8. The first-order valence-electron chi connectivity index (χ1n) is 7.39. The number of amides is 1. The van der Waals surface area contributed by atoms with Crippen molar-refractivity contribution in [2.45, 2.75) is 51.1 Å². The molecule has 0 spiro atoms. The van der Waals surface area contributed by atoms with Crippen molar-refractivity contribution < 1.29 is 4.79 Å². The van der Waals surface area contributed by atoms with E-state index in [0.717, 1.165) is 44.5 Å². The number of aromatic nitrogens is 2. The van der Waals surface area contributed by atoms with Crippen molar-refractivity contribution in [3.05, 3.63) is 17.7 Å². The molecule has 1 aromatic rings. The molecule has 1 saturated heterocycles. The number of hydrogen-bond acceptors (Lipinski definition) is 3. The summed E-state index contributed by atoms with van der Waals surface area (Å²) >= 11 is 0. The maximum Gasteiger partial charge on any atom is 0.237 e. The Balaban J connectivity index is 0.00000110. The summed E-state index contributed by atoms with van der Waals surface area (Å²) in [6.45, 7) is 2.75. The molecule has 0 saturated carbocycles. The summed E-state index contributed by atoms with van der Waals surface area (Å²) in [4.78, 5) is 16.5. The molecular formula is C14H24Cl2N4O. The normalized spacial score (nSPS) is 20.1. The van der Waals surface area contributed by atoms with Crippen LogP contribution in [0.15, 0.2) is 6.20 Å². The topological polar surface area (TPSA) is 59.0 Å². The Morgan fingerprint density at radius 1 is 1.38 bits per heavy atom. The van der Waals surface area contributed by atoms with Crippen LogP contribution in [0.2, 0.25) is 0 Å². The number of halogens is 2. The monoisotopic (exact) mass is 334 g/mol. The lowest BCUT2D eigenvalue weighted by Crippen LogP contribution is -2.41. The zero-order chi connectivity index (χ0) is 13.1. The first-order chi connectivity index (χ1) is 9.33. The summed E-state index contributed by atoms with van der Waals surface area (Å²) in [7, 11) is 0. The Morgan fingerprint density at radius 3 is 2.95 bits per heavy atom. The van der Waals surface area contributed by atoms with Crippen LogP contribution < -0.4 is 10.6 Å². The fraction of sp³-hybridized carbons (Fsp3) is 0.714. The second kappa shape index (κ2) is 8.61. The van der Waals surface area contributed by atoms with Crippen molar-refractivity contribution in [2.75, 3.05) is 13.1 Å². The van der Waals surface area contributed by atoms with Crippen LogP contribution in [0, 0.1) is 0 Å². The van der Waals surface area contributed by atoms with E-state index in [1.807, 2.05) is 0 Å². The second-order valence-electron chi connectivity index (χ2n) is 5.49. The van der Waals surface area contributed by atoms with E-state index in [2.05, 4.69) is 26.4 Å². The molecule has 3 heterocycles. The molecule has 1 aromatic heterocycles. The van der Waals surface area contributed by atoms with E-state index >= 15 is 0 Å². The third-order valence-electron chi connectivity index (χ3n) is 4.02. The average Bonchev–Trinajstić information content (AvgIpc) is 3.07. The van der Waals surface area contributed by atoms with Gasteiger partial charge in [0, 0.05) is 32.1 Å². The largest absolute Gasteiger partial charge is 0.354 e. The Kier molecular flexibility index (Phi) is 7.49. The summed E-state index contributed by atoms with van der Waals surface area (Å²) < 4.78 is 2.26. The number of imidazole rings is 1. The molecule has 120 valence electrons. The van der Waals surface area contributed by atoms with E-state index < -0.39 is 0 Å². The molecule has 1 unspecified atom stereocenters. The molecule has 7 heteroatoms. The molecule has 5 nitrogen and oxygen atoms in total. The van der Waals surface area contributed by atoms with Crippen molar-refractivity contribution in [3.63, 3.8) is 0 Å². The lowest BCUT2D eigenvalue weighted by atomic mass is 10.2. The highest BCUT2D eigenvalue weighted by molar-refractivity contribution is 5.85. The quantitative estimate of drug-likeness (QED) is 0.876. The zero-order valence-corrected chi connectivity index (χ0v) is 13.8. The summed E-state index contributed by atoms with van der Waals surface area (Å²) in [6.07, 6.45) is 8.65. The average molecular weight is 335 g/mol. The van der Waals surface area contributed by atoms with Gasteiger partial charge in [0.15, 0.2) is 0 Å². The van der Waals surface area contributed by atoms with Crippen LogP contribution in [0.5, 0.6) is 0 Å². The predicted molar refractivity (Wildman–Crippen MR) is 87.4 cm³/mol. The van der Waals surface area contributed by atoms with Gasteiger partial charge in [0.25, 0.3) is 0 Å². The molecule has 2 aliphatic rings. The molecule has 0 aliphatic carbocycles. The molecule has 0 aromatic carbocycles. The van der Waals surface area contributed by atoms with Crippen molar-refractivity contribution in [1.29, 1.82) is 0 Å². The molecule has 2 N–H and O–H groups in total. The smallest absolute Gasteiger partial charge is 0.237 e. The van der Waals surface area contributed by atoms with E-state index in [1.54, 1.807) is 0 Å². The van der Waals surface area contributed by atoms with Crippen LogP contribution in [0.4, 0.5) is 0 Å². The predicted octanol–water partition coefficient (Wildman–Crippen LogP) is 1.47. The number of rotatable bonds is 4. The van der Waals surface area contributed by atoms with Crippen LogP contribution >= 0.6 is 24.8 Å². The van der Waals surface area contributed by atoms with Gasteiger partial charge in [-0.05, 0) is 32.2 Å². The number of carbonyl (C=O) groups is 1.